The van der Waals surface area contributed by atoms with Gasteiger partial charge in [0.25, 0.3) is 5.91 Å². The van der Waals surface area contributed by atoms with Gasteiger partial charge < -0.3 is 20.1 Å². The van der Waals surface area contributed by atoms with Crippen LogP contribution in [0.2, 0.25) is 0 Å². The molecule has 0 radical (unpaired) electrons. The lowest BCUT2D eigenvalue weighted by molar-refractivity contribution is -0.144. The lowest BCUT2D eigenvalue weighted by Crippen LogP contribution is -2.66. The van der Waals surface area contributed by atoms with E-state index >= 15 is 0 Å². The summed E-state index contributed by atoms with van der Waals surface area (Å²) in [6.07, 6.45) is 3.12. The molecule has 13 nitrogen and oxygen atoms in total. The first kappa shape index (κ1) is 25.4. The third-order valence-electron chi connectivity index (χ3n) is 6.14. The van der Waals surface area contributed by atoms with Gasteiger partial charge in [0.1, 0.15) is 18.7 Å². The van der Waals surface area contributed by atoms with Crippen molar-refractivity contribution < 1.29 is 41.6 Å². The minimum Gasteiger partial charge on any atom is -0.475 e. The molecule has 36 heavy (non-hydrogen) atoms. The highest BCUT2D eigenvalue weighted by atomic mass is 32.2. The molecule has 2 unspecified atom stereocenters. The van der Waals surface area contributed by atoms with Crippen molar-refractivity contribution in [2.24, 2.45) is 0 Å². The molecular weight excluding hydrogens is 496 g/mol. The molecule has 0 aliphatic carbocycles. The number of ether oxygens (including phenoxy) is 2. The molecule has 0 bridgehead atoms. The molecule has 194 valence electrons. The first-order valence-electron chi connectivity index (χ1n) is 11.3. The Labute approximate surface area is 207 Å². The molecule has 2 saturated heterocycles. The van der Waals surface area contributed by atoms with Crippen molar-refractivity contribution >= 4 is 34.1 Å². The zero-order valence-electron chi connectivity index (χ0n) is 19.2. The Morgan fingerprint density at radius 2 is 1.97 bits per heavy atom. The number of benzene rings is 1. The molecule has 3 heterocycles. The second-order valence-corrected chi connectivity index (χ2v) is 10.0. The van der Waals surface area contributed by atoms with Gasteiger partial charge >= 0.3 is 16.4 Å². The fraction of sp³-hybridized carbons (Fsp3) is 0.455. The van der Waals surface area contributed by atoms with Gasteiger partial charge in [0, 0.05) is 13.0 Å². The lowest BCUT2D eigenvalue weighted by Gasteiger charge is -2.36. The second-order valence-electron chi connectivity index (χ2n) is 8.71. The number of nitrogens with one attached hydrogen (secondary N) is 2. The summed E-state index contributed by atoms with van der Waals surface area (Å²) in [7, 11) is -4.68. The van der Waals surface area contributed by atoms with Crippen LogP contribution in [-0.2, 0) is 40.8 Å². The number of rotatable bonds is 8. The molecule has 0 spiro atoms. The summed E-state index contributed by atoms with van der Waals surface area (Å²) in [5.74, 6) is -2.15. The first-order chi connectivity index (χ1) is 17.1. The Kier molecular flexibility index (Phi) is 7.17. The fourth-order valence-electron chi connectivity index (χ4n) is 4.29. The molecule has 1 aromatic carbocycles. The Bertz CT molecular complexity index is 1160. The molecule has 2 fully saturated rings. The van der Waals surface area contributed by atoms with Crippen molar-refractivity contribution in [2.75, 3.05) is 13.1 Å². The topological polar surface area (TPSA) is 172 Å². The number of carbonyl (C=O) groups excluding carboxylic acids is 4. The highest BCUT2D eigenvalue weighted by molar-refractivity contribution is 7.84. The zero-order chi connectivity index (χ0) is 25.9. The molecule has 14 heteroatoms. The summed E-state index contributed by atoms with van der Waals surface area (Å²) in [5.41, 5.74) is -0.620. The van der Waals surface area contributed by atoms with Gasteiger partial charge in [-0.05, 0) is 24.5 Å². The third-order valence-corrected chi connectivity index (χ3v) is 7.02. The Hall–Kier alpha value is -3.65. The average Bonchev–Trinajstić information content (AvgIpc) is 3.49. The van der Waals surface area contributed by atoms with Crippen LogP contribution in [0.1, 0.15) is 31.2 Å². The van der Waals surface area contributed by atoms with E-state index in [2.05, 4.69) is 10.6 Å². The smallest absolute Gasteiger partial charge is 0.410 e. The maximum atomic E-state index is 13.1. The van der Waals surface area contributed by atoms with Crippen LogP contribution in [0.3, 0.4) is 0 Å². The van der Waals surface area contributed by atoms with E-state index in [1.807, 2.05) is 30.3 Å². The highest BCUT2D eigenvalue weighted by Crippen LogP contribution is 2.27. The van der Waals surface area contributed by atoms with Crippen LogP contribution in [0.5, 0.6) is 0 Å². The van der Waals surface area contributed by atoms with Crippen molar-refractivity contribution in [2.45, 2.75) is 50.1 Å². The molecule has 1 aromatic rings. The summed E-state index contributed by atoms with van der Waals surface area (Å²) >= 11 is 0. The van der Waals surface area contributed by atoms with Gasteiger partial charge in [-0.3, -0.25) is 23.8 Å². The summed E-state index contributed by atoms with van der Waals surface area (Å²) in [6, 6.07) is 7.20. The van der Waals surface area contributed by atoms with Gasteiger partial charge in [0.2, 0.25) is 11.8 Å². The Balaban J connectivity index is 1.33. The van der Waals surface area contributed by atoms with Crippen LogP contribution in [0.15, 0.2) is 42.7 Å². The number of amides is 4. The summed E-state index contributed by atoms with van der Waals surface area (Å²) < 4.78 is 42.2. The van der Waals surface area contributed by atoms with Gasteiger partial charge in [0.05, 0.1) is 19.2 Å². The van der Waals surface area contributed by atoms with Crippen LogP contribution in [0, 0.1) is 0 Å². The monoisotopic (exact) mass is 522 g/mol. The molecule has 3 atom stereocenters. The van der Waals surface area contributed by atoms with Crippen LogP contribution in [0.4, 0.5) is 4.79 Å². The average molecular weight is 523 g/mol. The first-order valence-corrected chi connectivity index (χ1v) is 12.7. The number of β-lactam (4-membered cyclic amide) rings is 1. The number of nitrogens with zero attached hydrogens (tertiary/aromatic N) is 2. The SMILES string of the molecule is O=C(CC1(NC(=O)[C@@H]2CCCN2C(=O)OCc2ccccc2)CC=CO1)NC1CN(S(=O)(=O)O)C1=O. The molecule has 4 amide bonds. The Morgan fingerprint density at radius 1 is 1.22 bits per heavy atom. The summed E-state index contributed by atoms with van der Waals surface area (Å²) in [6.45, 7) is 0.00685. The molecule has 3 aliphatic rings. The molecule has 3 aliphatic heterocycles. The van der Waals surface area contributed by atoms with Crippen LogP contribution < -0.4 is 10.6 Å². The lowest BCUT2D eigenvalue weighted by atomic mass is 10.0. The van der Waals surface area contributed by atoms with Gasteiger partial charge in [0.15, 0.2) is 5.72 Å². The van der Waals surface area contributed by atoms with Crippen molar-refractivity contribution in [3.8, 4) is 0 Å². The predicted octanol–water partition coefficient (Wildman–Crippen LogP) is 0.0540. The molecular formula is C22H26N4O9S. The predicted molar refractivity (Wildman–Crippen MR) is 122 cm³/mol. The summed E-state index contributed by atoms with van der Waals surface area (Å²) in [5, 5.41) is 5.08. The van der Waals surface area contributed by atoms with E-state index in [-0.39, 0.29) is 23.8 Å². The highest BCUT2D eigenvalue weighted by Gasteiger charge is 2.47. The maximum absolute atomic E-state index is 13.1. The van der Waals surface area contributed by atoms with Gasteiger partial charge in [-0.15, -0.1) is 0 Å². The normalized spacial score (nSPS) is 25.2. The van der Waals surface area contributed by atoms with Crippen LogP contribution in [-0.4, -0.2) is 76.9 Å². The maximum Gasteiger partial charge on any atom is 0.410 e. The minimum atomic E-state index is -4.68. The summed E-state index contributed by atoms with van der Waals surface area (Å²) in [4.78, 5) is 51.5. The number of hydrogen-bond acceptors (Lipinski definition) is 8. The number of hydrogen-bond donors (Lipinski definition) is 3. The van der Waals surface area contributed by atoms with Crippen molar-refractivity contribution in [3.05, 3.63) is 48.2 Å². The quantitative estimate of drug-likeness (QED) is 0.315. The van der Waals surface area contributed by atoms with Gasteiger partial charge in [-0.1, -0.05) is 30.3 Å². The van der Waals surface area contributed by atoms with E-state index in [9.17, 15) is 27.6 Å². The van der Waals surface area contributed by atoms with E-state index in [1.165, 1.54) is 11.2 Å². The largest absolute Gasteiger partial charge is 0.475 e. The number of carbonyl (C=O) groups is 4. The zero-order valence-corrected chi connectivity index (χ0v) is 20.0. The van der Waals surface area contributed by atoms with Gasteiger partial charge in [-0.25, -0.2) is 9.10 Å². The van der Waals surface area contributed by atoms with Crippen molar-refractivity contribution in [1.29, 1.82) is 0 Å². The van der Waals surface area contributed by atoms with Crippen LogP contribution >= 0.6 is 0 Å². The van der Waals surface area contributed by atoms with E-state index < -0.39 is 58.5 Å². The van der Waals surface area contributed by atoms with Gasteiger partial charge in [-0.2, -0.15) is 8.42 Å². The third kappa shape index (κ3) is 5.60. The molecule has 0 saturated carbocycles. The molecule has 4 rings (SSSR count). The van der Waals surface area contributed by atoms with Crippen LogP contribution in [0.25, 0.3) is 0 Å². The Morgan fingerprint density at radius 3 is 2.61 bits per heavy atom. The standard InChI is InChI=1S/C22H26N4O9S/c27-18(23-16-13-26(20(16)29)36(31,32)33)12-22(9-5-11-35-22)24-19(28)17-8-4-10-25(17)21(30)34-14-15-6-2-1-3-7-15/h1-3,5-7,11,16-17H,4,8-10,12-14H2,(H,23,27)(H,24,28)(H,31,32,33)/t16?,17-,22?/m0/s1. The molecule has 3 N–H and O–H groups in total. The van der Waals surface area contributed by atoms with Crippen molar-refractivity contribution in [1.82, 2.24) is 19.8 Å². The van der Waals surface area contributed by atoms with E-state index in [4.69, 9.17) is 14.0 Å². The van der Waals surface area contributed by atoms with Crippen molar-refractivity contribution in [3.63, 3.8) is 0 Å². The van der Waals surface area contributed by atoms with E-state index in [0.29, 0.717) is 19.4 Å². The molecule has 0 aromatic heterocycles. The fourth-order valence-corrected chi connectivity index (χ4v) is 4.98. The van der Waals surface area contributed by atoms with E-state index in [0.717, 1.165) is 5.56 Å². The number of likely N-dealkylation sites (tertiary alicyclic amines) is 1. The minimum absolute atomic E-state index is 0.0660. The second kappa shape index (κ2) is 10.1. The van der Waals surface area contributed by atoms with E-state index in [1.54, 1.807) is 6.08 Å².